The van der Waals surface area contributed by atoms with Crippen LogP contribution < -0.4 is 14.4 Å². The molecule has 2 amide bonds. The molecule has 8 nitrogen and oxygen atoms in total. The Bertz CT molecular complexity index is 1370. The van der Waals surface area contributed by atoms with Crippen LogP contribution in [0.1, 0.15) is 30.9 Å². The number of hydrogen-bond donors (Lipinski definition) is 1. The summed E-state index contributed by atoms with van der Waals surface area (Å²) in [5, 5.41) is 2.97. The van der Waals surface area contributed by atoms with Crippen LogP contribution in [0.2, 0.25) is 0 Å². The van der Waals surface area contributed by atoms with Crippen molar-refractivity contribution in [3.05, 3.63) is 94.5 Å². The zero-order chi connectivity index (χ0) is 29.1. The molecule has 3 aromatic carbocycles. The van der Waals surface area contributed by atoms with E-state index in [1.165, 1.54) is 4.90 Å². The van der Waals surface area contributed by atoms with Gasteiger partial charge in [0.15, 0.2) is 0 Å². The molecule has 0 radical (unpaired) electrons. The van der Waals surface area contributed by atoms with Crippen molar-refractivity contribution in [3.8, 4) is 5.75 Å². The molecule has 0 aliphatic rings. The van der Waals surface area contributed by atoms with Crippen molar-refractivity contribution >= 4 is 43.5 Å². The first-order valence-corrected chi connectivity index (χ1v) is 15.7. The number of anilines is 1. The highest BCUT2D eigenvalue weighted by atomic mass is 79.9. The molecule has 0 aliphatic heterocycles. The molecular weight excluding hydrogens is 594 g/mol. The molecule has 1 N–H and O–H groups in total. The summed E-state index contributed by atoms with van der Waals surface area (Å²) < 4.78 is 32.9. The molecule has 0 saturated heterocycles. The number of benzene rings is 3. The highest BCUT2D eigenvalue weighted by molar-refractivity contribution is 9.10. The Morgan fingerprint density at radius 2 is 1.65 bits per heavy atom. The van der Waals surface area contributed by atoms with Crippen LogP contribution in [0.3, 0.4) is 0 Å². The van der Waals surface area contributed by atoms with Gasteiger partial charge in [-0.3, -0.25) is 13.9 Å². The van der Waals surface area contributed by atoms with E-state index in [9.17, 15) is 18.0 Å². The van der Waals surface area contributed by atoms with E-state index in [2.05, 4.69) is 21.2 Å². The van der Waals surface area contributed by atoms with E-state index in [-0.39, 0.29) is 18.9 Å². The summed E-state index contributed by atoms with van der Waals surface area (Å²) in [6.45, 7) is 2.15. The number of sulfonamides is 1. The van der Waals surface area contributed by atoms with E-state index in [0.29, 0.717) is 18.0 Å². The van der Waals surface area contributed by atoms with Crippen molar-refractivity contribution < 1.29 is 22.7 Å². The predicted molar refractivity (Wildman–Crippen MR) is 162 cm³/mol. The summed E-state index contributed by atoms with van der Waals surface area (Å²) in [4.78, 5) is 29.1. The van der Waals surface area contributed by atoms with Gasteiger partial charge in [-0.1, -0.05) is 71.7 Å². The van der Waals surface area contributed by atoms with Gasteiger partial charge in [-0.05, 0) is 53.9 Å². The molecule has 3 rings (SSSR count). The average molecular weight is 631 g/mol. The number of hydrogen-bond acceptors (Lipinski definition) is 5. The fourth-order valence-electron chi connectivity index (χ4n) is 4.25. The fraction of sp³-hybridized carbons (Fsp3) is 0.333. The lowest BCUT2D eigenvalue weighted by atomic mass is 10.0. The second-order valence-corrected chi connectivity index (χ2v) is 12.3. The number of ether oxygens (including phenoxy) is 1. The van der Waals surface area contributed by atoms with Gasteiger partial charge in [-0.15, -0.1) is 0 Å². The van der Waals surface area contributed by atoms with Crippen LogP contribution in [0.15, 0.2) is 83.3 Å². The van der Waals surface area contributed by atoms with Crippen molar-refractivity contribution in [2.45, 2.75) is 38.8 Å². The maximum Gasteiger partial charge on any atom is 0.244 e. The highest BCUT2D eigenvalue weighted by Gasteiger charge is 2.33. The molecule has 0 spiro atoms. The van der Waals surface area contributed by atoms with Crippen molar-refractivity contribution in [1.29, 1.82) is 0 Å². The Labute approximate surface area is 245 Å². The zero-order valence-corrected chi connectivity index (χ0v) is 25.4. The third-order valence-corrected chi connectivity index (χ3v) is 8.05. The van der Waals surface area contributed by atoms with Gasteiger partial charge in [0.05, 0.1) is 19.1 Å². The van der Waals surface area contributed by atoms with E-state index < -0.39 is 28.5 Å². The van der Waals surface area contributed by atoms with Crippen LogP contribution in [0.25, 0.3) is 0 Å². The lowest BCUT2D eigenvalue weighted by Gasteiger charge is -2.33. The number of nitrogens with zero attached hydrogens (tertiary/aromatic N) is 2. The van der Waals surface area contributed by atoms with Crippen molar-refractivity contribution in [2.24, 2.45) is 0 Å². The summed E-state index contributed by atoms with van der Waals surface area (Å²) in [5.74, 6) is -0.171. The van der Waals surface area contributed by atoms with Gasteiger partial charge >= 0.3 is 0 Å². The van der Waals surface area contributed by atoms with Gasteiger partial charge in [0.2, 0.25) is 21.8 Å². The number of halogens is 1. The molecule has 0 heterocycles. The standard InChI is InChI=1S/C30H36BrN3O5S/c1-4-5-18-32-30(36)28(20-23-10-7-6-8-11-23)33(21-24-12-9-13-27(19-24)39-2)29(35)22-34(40(3,37)38)26-16-14-25(31)15-17-26/h6-17,19,28H,4-5,18,20-22H2,1-3H3,(H,32,36)/t28-/m1/s1. The lowest BCUT2D eigenvalue weighted by molar-refractivity contribution is -0.140. The van der Waals surface area contributed by atoms with Crippen molar-refractivity contribution in [3.63, 3.8) is 0 Å². The largest absolute Gasteiger partial charge is 0.497 e. The zero-order valence-electron chi connectivity index (χ0n) is 23.0. The molecule has 0 aliphatic carbocycles. The number of nitrogens with one attached hydrogen (secondary N) is 1. The van der Waals surface area contributed by atoms with E-state index in [1.807, 2.05) is 49.4 Å². The van der Waals surface area contributed by atoms with Gasteiger partial charge in [-0.2, -0.15) is 0 Å². The van der Waals surface area contributed by atoms with E-state index in [1.54, 1.807) is 43.5 Å². The Morgan fingerprint density at radius 3 is 2.27 bits per heavy atom. The molecule has 0 fully saturated rings. The third-order valence-electron chi connectivity index (χ3n) is 6.38. The SMILES string of the molecule is CCCCNC(=O)[C@@H](Cc1ccccc1)N(Cc1cccc(OC)c1)C(=O)CN(c1ccc(Br)cc1)S(C)(=O)=O. The molecule has 40 heavy (non-hydrogen) atoms. The van der Waals surface area contributed by atoms with Crippen LogP contribution in [0.4, 0.5) is 5.69 Å². The molecule has 214 valence electrons. The van der Waals surface area contributed by atoms with Gasteiger partial charge in [-0.25, -0.2) is 8.42 Å². The number of carbonyl (C=O) groups is 2. The fourth-order valence-corrected chi connectivity index (χ4v) is 5.36. The highest BCUT2D eigenvalue weighted by Crippen LogP contribution is 2.23. The molecule has 0 aromatic heterocycles. The number of amides is 2. The first-order chi connectivity index (χ1) is 19.1. The first-order valence-electron chi connectivity index (χ1n) is 13.1. The smallest absolute Gasteiger partial charge is 0.244 e. The van der Waals surface area contributed by atoms with Gasteiger partial charge in [0.1, 0.15) is 18.3 Å². The quantitative estimate of drug-likeness (QED) is 0.259. The molecule has 0 unspecified atom stereocenters. The topological polar surface area (TPSA) is 96.0 Å². The minimum atomic E-state index is -3.82. The molecule has 0 saturated carbocycles. The minimum absolute atomic E-state index is 0.0900. The summed E-state index contributed by atoms with van der Waals surface area (Å²) in [6, 6.07) is 22.6. The molecule has 10 heteroatoms. The van der Waals surface area contributed by atoms with E-state index in [4.69, 9.17) is 4.74 Å². The average Bonchev–Trinajstić information content (AvgIpc) is 2.94. The monoisotopic (exact) mass is 629 g/mol. The maximum atomic E-state index is 14.1. The van der Waals surface area contributed by atoms with Crippen molar-refractivity contribution in [1.82, 2.24) is 10.2 Å². The van der Waals surface area contributed by atoms with E-state index in [0.717, 1.165) is 39.0 Å². The lowest BCUT2D eigenvalue weighted by Crippen LogP contribution is -2.53. The molecule has 0 bridgehead atoms. The number of rotatable bonds is 14. The number of unbranched alkanes of at least 4 members (excludes halogenated alkanes) is 1. The second kappa shape index (κ2) is 14.9. The number of methoxy groups -OCH3 is 1. The maximum absolute atomic E-state index is 14.1. The Kier molecular flexibility index (Phi) is 11.6. The summed E-state index contributed by atoms with van der Waals surface area (Å²) >= 11 is 3.36. The van der Waals surface area contributed by atoms with E-state index >= 15 is 0 Å². The summed E-state index contributed by atoms with van der Waals surface area (Å²) in [5.41, 5.74) is 1.99. The molecule has 1 atom stereocenters. The van der Waals surface area contributed by atoms with Crippen LogP contribution >= 0.6 is 15.9 Å². The predicted octanol–water partition coefficient (Wildman–Crippen LogP) is 4.78. The van der Waals surface area contributed by atoms with Crippen molar-refractivity contribution in [2.75, 3.05) is 30.8 Å². The van der Waals surface area contributed by atoms with Crippen LogP contribution in [-0.2, 0) is 32.6 Å². The first kappa shape index (κ1) is 31.2. The second-order valence-electron chi connectivity index (χ2n) is 9.47. The number of carbonyl (C=O) groups excluding carboxylic acids is 2. The molecule has 3 aromatic rings. The van der Waals surface area contributed by atoms with Crippen LogP contribution in [-0.4, -0.2) is 57.6 Å². The van der Waals surface area contributed by atoms with Gasteiger partial charge in [0.25, 0.3) is 0 Å². The van der Waals surface area contributed by atoms with Crippen LogP contribution in [0.5, 0.6) is 5.75 Å². The summed E-state index contributed by atoms with van der Waals surface area (Å²) in [6.07, 6.45) is 3.05. The Hall–Kier alpha value is -3.37. The van der Waals surface area contributed by atoms with Gasteiger partial charge in [0, 0.05) is 24.0 Å². The normalized spacial score (nSPS) is 11.9. The molecular formula is C30H36BrN3O5S. The third kappa shape index (κ3) is 9.09. The Morgan fingerprint density at radius 1 is 0.975 bits per heavy atom. The summed E-state index contributed by atoms with van der Waals surface area (Å²) in [7, 11) is -2.26. The van der Waals surface area contributed by atoms with Gasteiger partial charge < -0.3 is 15.0 Å². The van der Waals surface area contributed by atoms with Crippen LogP contribution in [0, 0.1) is 0 Å². The Balaban J connectivity index is 2.04. The minimum Gasteiger partial charge on any atom is -0.497 e.